The van der Waals surface area contributed by atoms with Crippen molar-refractivity contribution in [3.63, 3.8) is 0 Å². The molecule has 2 aromatic rings. The van der Waals surface area contributed by atoms with Crippen LogP contribution in [0.2, 0.25) is 0 Å². The summed E-state index contributed by atoms with van der Waals surface area (Å²) < 4.78 is 7.43. The van der Waals surface area contributed by atoms with E-state index in [4.69, 9.17) is 9.73 Å². The van der Waals surface area contributed by atoms with E-state index in [2.05, 4.69) is 0 Å². The molecule has 0 N–H and O–H groups in total. The van der Waals surface area contributed by atoms with Gasteiger partial charge in [-0.05, 0) is 33.3 Å². The van der Waals surface area contributed by atoms with Gasteiger partial charge in [-0.15, -0.1) is 0 Å². The molecule has 1 atom stereocenters. The third-order valence-corrected chi connectivity index (χ3v) is 5.34. The molecule has 0 bridgehead atoms. The summed E-state index contributed by atoms with van der Waals surface area (Å²) in [7, 11) is 0. The van der Waals surface area contributed by atoms with Crippen LogP contribution in [-0.2, 0) is 9.53 Å². The largest absolute Gasteiger partial charge is 0.463 e. The zero-order chi connectivity index (χ0) is 18.1. The molecule has 5 nitrogen and oxygen atoms in total. The highest BCUT2D eigenvalue weighted by Crippen LogP contribution is 2.31. The van der Waals surface area contributed by atoms with Crippen molar-refractivity contribution in [3.05, 3.63) is 61.2 Å². The van der Waals surface area contributed by atoms with Crippen LogP contribution in [0, 0.1) is 0 Å². The number of ether oxygens (including phenoxy) is 1. The lowest BCUT2D eigenvalue weighted by molar-refractivity contribution is -0.138. The maximum Gasteiger partial charge on any atom is 0.338 e. The van der Waals surface area contributed by atoms with Crippen molar-refractivity contribution in [1.29, 1.82) is 0 Å². The van der Waals surface area contributed by atoms with Crippen molar-refractivity contribution >= 4 is 28.6 Å². The normalized spacial score (nSPS) is 16.2. The van der Waals surface area contributed by atoms with E-state index < -0.39 is 12.0 Å². The third kappa shape index (κ3) is 2.98. The first kappa shape index (κ1) is 17.4. The highest BCUT2D eigenvalue weighted by atomic mass is 32.1. The molecule has 1 aliphatic heterocycles. The van der Waals surface area contributed by atoms with E-state index in [0.717, 1.165) is 11.1 Å². The van der Waals surface area contributed by atoms with Crippen molar-refractivity contribution in [2.45, 2.75) is 33.7 Å². The van der Waals surface area contributed by atoms with Crippen LogP contribution < -0.4 is 14.9 Å². The fourth-order valence-corrected chi connectivity index (χ4v) is 3.94. The van der Waals surface area contributed by atoms with Gasteiger partial charge in [-0.2, -0.15) is 0 Å². The van der Waals surface area contributed by atoms with E-state index in [1.807, 2.05) is 44.2 Å². The molecule has 1 aliphatic rings. The molecule has 0 unspecified atom stereocenters. The summed E-state index contributed by atoms with van der Waals surface area (Å²) in [4.78, 5) is 30.7. The Balaban J connectivity index is 2.34. The average Bonchev–Trinajstić information content (AvgIpc) is 2.93. The molecule has 0 amide bonds. The van der Waals surface area contributed by atoms with E-state index >= 15 is 0 Å². The van der Waals surface area contributed by atoms with E-state index in [-0.39, 0.29) is 12.2 Å². The lowest BCUT2D eigenvalue weighted by Gasteiger charge is -2.22. The molecule has 0 saturated heterocycles. The Kier molecular flexibility index (Phi) is 4.72. The van der Waals surface area contributed by atoms with Gasteiger partial charge in [0.15, 0.2) is 4.80 Å². The predicted molar refractivity (Wildman–Crippen MR) is 98.8 cm³/mol. The molecular formula is C19H20N2O3S. The van der Waals surface area contributed by atoms with Gasteiger partial charge >= 0.3 is 5.97 Å². The summed E-state index contributed by atoms with van der Waals surface area (Å²) in [5.74, 6) is -0.430. The highest BCUT2D eigenvalue weighted by Gasteiger charge is 2.31. The summed E-state index contributed by atoms with van der Waals surface area (Å²) in [6.45, 7) is 7.62. The van der Waals surface area contributed by atoms with Crippen LogP contribution in [0.1, 0.15) is 39.3 Å². The fraction of sp³-hybridized carbons (Fsp3) is 0.316. The minimum atomic E-state index is -0.469. The number of hydrogen-bond donors (Lipinski definition) is 0. The van der Waals surface area contributed by atoms with Gasteiger partial charge in [-0.1, -0.05) is 47.2 Å². The summed E-state index contributed by atoms with van der Waals surface area (Å²) in [6.07, 6.45) is 0. The Bertz CT molecular complexity index is 1020. The van der Waals surface area contributed by atoms with Crippen LogP contribution in [-0.4, -0.2) is 17.1 Å². The van der Waals surface area contributed by atoms with Crippen molar-refractivity contribution in [3.8, 4) is 0 Å². The molecular weight excluding hydrogens is 336 g/mol. The molecule has 0 aliphatic carbocycles. The van der Waals surface area contributed by atoms with Crippen molar-refractivity contribution in [1.82, 2.24) is 4.57 Å². The Labute approximate surface area is 149 Å². The molecule has 0 spiro atoms. The van der Waals surface area contributed by atoms with Crippen molar-refractivity contribution < 1.29 is 9.53 Å². The van der Waals surface area contributed by atoms with Crippen LogP contribution in [0.15, 0.2) is 45.7 Å². The molecule has 1 aromatic carbocycles. The van der Waals surface area contributed by atoms with E-state index in [1.165, 1.54) is 15.9 Å². The predicted octanol–water partition coefficient (Wildman–Crippen LogP) is 2.27. The number of thiazole rings is 1. The van der Waals surface area contributed by atoms with Crippen LogP contribution in [0.25, 0.3) is 11.3 Å². The molecule has 0 radical (unpaired) electrons. The number of benzene rings is 1. The monoisotopic (exact) mass is 356 g/mol. The van der Waals surface area contributed by atoms with E-state index in [1.54, 1.807) is 13.8 Å². The fourth-order valence-electron chi connectivity index (χ4n) is 2.90. The number of esters is 1. The number of fused-ring (bicyclic) bond motifs is 1. The second-order valence-electron chi connectivity index (χ2n) is 6.02. The van der Waals surface area contributed by atoms with Gasteiger partial charge < -0.3 is 4.74 Å². The second-order valence-corrected chi connectivity index (χ2v) is 6.99. The topological polar surface area (TPSA) is 60.7 Å². The van der Waals surface area contributed by atoms with Gasteiger partial charge in [-0.25, -0.2) is 9.79 Å². The summed E-state index contributed by atoms with van der Waals surface area (Å²) in [6, 6.07) is 9.13. The molecule has 0 saturated carbocycles. The molecule has 130 valence electrons. The maximum atomic E-state index is 12.7. The first-order valence-electron chi connectivity index (χ1n) is 8.16. The van der Waals surface area contributed by atoms with Gasteiger partial charge in [-0.3, -0.25) is 9.36 Å². The maximum absolute atomic E-state index is 12.7. The van der Waals surface area contributed by atoms with E-state index in [9.17, 15) is 9.59 Å². The Morgan fingerprint density at radius 1 is 1.28 bits per heavy atom. The second kappa shape index (κ2) is 6.80. The Hall–Kier alpha value is -2.47. The number of carbonyl (C=O) groups is 1. The number of aromatic nitrogens is 1. The molecule has 3 rings (SSSR count). The van der Waals surface area contributed by atoms with Gasteiger partial charge in [0.05, 0.1) is 16.7 Å². The van der Waals surface area contributed by atoms with Gasteiger partial charge in [0, 0.05) is 5.70 Å². The highest BCUT2D eigenvalue weighted by molar-refractivity contribution is 7.07. The number of rotatable bonds is 3. The van der Waals surface area contributed by atoms with Gasteiger partial charge in [0.2, 0.25) is 0 Å². The van der Waals surface area contributed by atoms with Gasteiger partial charge in [0.25, 0.3) is 5.56 Å². The summed E-state index contributed by atoms with van der Waals surface area (Å²) >= 11 is 1.36. The zero-order valence-electron chi connectivity index (χ0n) is 14.7. The number of hydrogen-bond acceptors (Lipinski definition) is 5. The Morgan fingerprint density at radius 2 is 1.96 bits per heavy atom. The van der Waals surface area contributed by atoms with Crippen LogP contribution in [0.4, 0.5) is 0 Å². The summed E-state index contributed by atoms with van der Waals surface area (Å²) in [5, 5.41) is 0. The molecule has 0 fully saturated rings. The lowest BCUT2D eigenvalue weighted by Crippen LogP contribution is -2.35. The van der Waals surface area contributed by atoms with Crippen LogP contribution in [0.5, 0.6) is 0 Å². The lowest BCUT2D eigenvalue weighted by atomic mass is 9.97. The third-order valence-electron chi connectivity index (χ3n) is 4.08. The Morgan fingerprint density at radius 3 is 2.56 bits per heavy atom. The smallest absolute Gasteiger partial charge is 0.338 e. The standard InChI is InChI=1S/C19H20N2O3S/c1-5-24-18(23)14-12(4)21-17(22)16(11(2)3)25-19(21)20-15(14)13-9-7-6-8-10-13/h6-10,15H,5H2,1-4H3/t15-/m1/s1. The number of carbonyl (C=O) groups excluding carboxylic acids is 1. The summed E-state index contributed by atoms with van der Waals surface area (Å²) in [5.41, 5.74) is 2.71. The molecule has 2 heterocycles. The van der Waals surface area contributed by atoms with Gasteiger partial charge in [0.1, 0.15) is 6.04 Å². The zero-order valence-corrected chi connectivity index (χ0v) is 15.5. The van der Waals surface area contributed by atoms with Crippen molar-refractivity contribution in [2.24, 2.45) is 4.99 Å². The van der Waals surface area contributed by atoms with Crippen LogP contribution in [0.3, 0.4) is 0 Å². The molecule has 6 heteroatoms. The number of nitrogens with zero attached hydrogens (tertiary/aromatic N) is 2. The minimum Gasteiger partial charge on any atom is -0.463 e. The first-order valence-corrected chi connectivity index (χ1v) is 8.97. The average molecular weight is 356 g/mol. The SMILES string of the molecule is CCOC(=O)C1=C(C)n2c(sc(=C(C)C)c2=O)=N[C@@H]1c1ccccc1. The van der Waals surface area contributed by atoms with Crippen molar-refractivity contribution in [2.75, 3.05) is 6.61 Å². The quantitative estimate of drug-likeness (QED) is 0.793. The van der Waals surface area contributed by atoms with E-state index in [0.29, 0.717) is 20.6 Å². The minimum absolute atomic E-state index is 0.130. The molecule has 1 aromatic heterocycles. The van der Waals surface area contributed by atoms with Crippen LogP contribution >= 0.6 is 11.3 Å². The first-order chi connectivity index (χ1) is 12.0. The molecule has 25 heavy (non-hydrogen) atoms. The number of allylic oxidation sites excluding steroid dienone is 1.